The number of amides is 5. The minimum absolute atomic E-state index is 0.0537. The Labute approximate surface area is 287 Å². The van der Waals surface area contributed by atoms with Crippen LogP contribution in [0.2, 0.25) is 0 Å². The van der Waals surface area contributed by atoms with Gasteiger partial charge in [-0.2, -0.15) is 0 Å². The fourth-order valence-corrected chi connectivity index (χ4v) is 5.34. The van der Waals surface area contributed by atoms with Crippen molar-refractivity contribution in [3.05, 3.63) is 42.0 Å². The third-order valence-electron chi connectivity index (χ3n) is 8.03. The highest BCUT2D eigenvalue weighted by Crippen LogP contribution is 2.28. The van der Waals surface area contributed by atoms with Gasteiger partial charge in [0.2, 0.25) is 17.7 Å². The maximum Gasteiger partial charge on any atom is 0.289 e. The molecule has 15 nitrogen and oxygen atoms in total. The topological polar surface area (TPSA) is 193 Å². The highest BCUT2D eigenvalue weighted by molar-refractivity contribution is 5.92. The molecule has 5 amide bonds. The first kappa shape index (κ1) is 38.8. The van der Waals surface area contributed by atoms with Gasteiger partial charge in [-0.25, -0.2) is 4.98 Å². The highest BCUT2D eigenvalue weighted by atomic mass is 16.5. The van der Waals surface area contributed by atoms with E-state index in [4.69, 9.17) is 9.47 Å². The number of aliphatic hydroxyl groups is 1. The van der Waals surface area contributed by atoms with Crippen LogP contribution in [0.25, 0.3) is 0 Å². The van der Waals surface area contributed by atoms with Crippen LogP contribution in [0.3, 0.4) is 0 Å². The summed E-state index contributed by atoms with van der Waals surface area (Å²) in [5.41, 5.74) is 0.783. The van der Waals surface area contributed by atoms with Crippen LogP contribution in [0.15, 0.2) is 30.6 Å². The summed E-state index contributed by atoms with van der Waals surface area (Å²) in [6.45, 7) is 6.29. The van der Waals surface area contributed by atoms with Crippen molar-refractivity contribution in [2.75, 3.05) is 39.9 Å². The van der Waals surface area contributed by atoms with Crippen molar-refractivity contribution in [3.63, 3.8) is 0 Å². The number of benzene rings is 1. The molecule has 0 saturated carbocycles. The number of nitrogens with one attached hydrogen (secondary N) is 4. The number of nitrogens with zero attached hydrogens (tertiary/aromatic N) is 3. The number of methoxy groups -OCH3 is 1. The molecule has 1 aromatic carbocycles. The van der Waals surface area contributed by atoms with Crippen molar-refractivity contribution in [1.29, 1.82) is 0 Å². The Kier molecular flexibility index (Phi) is 15.3. The first-order valence-corrected chi connectivity index (χ1v) is 16.8. The maximum atomic E-state index is 13.3. The predicted molar refractivity (Wildman–Crippen MR) is 181 cm³/mol. The Morgan fingerprint density at radius 1 is 1.00 bits per heavy atom. The van der Waals surface area contributed by atoms with Gasteiger partial charge in [0.1, 0.15) is 12.1 Å². The van der Waals surface area contributed by atoms with Gasteiger partial charge in [-0.15, -0.1) is 0 Å². The maximum absolute atomic E-state index is 13.3. The smallest absolute Gasteiger partial charge is 0.289 e. The molecule has 2 aliphatic rings. The molecule has 0 radical (unpaired) electrons. The van der Waals surface area contributed by atoms with E-state index < -0.39 is 30.0 Å². The zero-order chi connectivity index (χ0) is 35.9. The van der Waals surface area contributed by atoms with Gasteiger partial charge < -0.3 is 45.3 Å². The van der Waals surface area contributed by atoms with Crippen molar-refractivity contribution >= 4 is 29.5 Å². The lowest BCUT2D eigenvalue weighted by atomic mass is 10.0. The van der Waals surface area contributed by atoms with Gasteiger partial charge in [-0.1, -0.05) is 19.9 Å². The molecule has 0 spiro atoms. The van der Waals surface area contributed by atoms with Crippen LogP contribution < -0.4 is 30.7 Å². The van der Waals surface area contributed by atoms with Crippen LogP contribution >= 0.6 is 0 Å². The predicted octanol–water partition coefficient (Wildman–Crippen LogP) is 0.695. The number of carbonyl (C=O) groups is 5. The number of fused-ring (bicyclic) bond motifs is 23. The summed E-state index contributed by atoms with van der Waals surface area (Å²) < 4.78 is 12.8. The van der Waals surface area contributed by atoms with Crippen LogP contribution in [0.5, 0.6) is 11.5 Å². The Morgan fingerprint density at radius 3 is 2.41 bits per heavy atom. The Morgan fingerprint density at radius 2 is 1.73 bits per heavy atom. The quantitative estimate of drug-likeness (QED) is 0.282. The SMILES string of the molecule is COc1cc2ccc1OCC(=O)NCCCN(C(=O)c1nccn1C)CCCCNC(=O)[C@H]([C@@H](C)O)NC(=O)[C@@H](CC(C)C)NC(=O)CC2. The molecule has 5 N–H and O–H groups in total. The van der Waals surface area contributed by atoms with E-state index in [0.717, 1.165) is 5.56 Å². The van der Waals surface area contributed by atoms with E-state index in [1.54, 1.807) is 47.1 Å². The van der Waals surface area contributed by atoms with E-state index in [1.165, 1.54) is 14.0 Å². The van der Waals surface area contributed by atoms with Crippen LogP contribution in [-0.2, 0) is 32.6 Å². The molecular formula is C34H51N7O8. The molecule has 2 aliphatic heterocycles. The van der Waals surface area contributed by atoms with E-state index in [-0.39, 0.29) is 49.0 Å². The van der Waals surface area contributed by atoms with Gasteiger partial charge in [-0.3, -0.25) is 24.0 Å². The number of rotatable bonds is 5. The number of hydrogen-bond acceptors (Lipinski definition) is 9. The zero-order valence-electron chi connectivity index (χ0n) is 29.1. The zero-order valence-corrected chi connectivity index (χ0v) is 29.1. The number of imidazole rings is 1. The van der Waals surface area contributed by atoms with E-state index >= 15 is 0 Å². The number of aromatic nitrogens is 2. The summed E-state index contributed by atoms with van der Waals surface area (Å²) in [7, 11) is 3.21. The first-order valence-electron chi connectivity index (χ1n) is 16.8. The monoisotopic (exact) mass is 685 g/mol. The van der Waals surface area contributed by atoms with Crippen molar-refractivity contribution in [2.45, 2.75) is 77.5 Å². The number of aliphatic hydroxyl groups excluding tert-OH is 1. The highest BCUT2D eigenvalue weighted by Gasteiger charge is 2.30. The first-order chi connectivity index (χ1) is 23.4. The molecule has 49 heavy (non-hydrogen) atoms. The molecule has 2 aromatic rings. The minimum Gasteiger partial charge on any atom is -0.493 e. The number of ether oxygens (including phenoxy) is 2. The molecule has 3 heterocycles. The molecular weight excluding hydrogens is 634 g/mol. The third kappa shape index (κ3) is 12.4. The Balaban J connectivity index is 1.79. The standard InChI is InChI=1S/C34H51N7O8/c1-22(2)19-25-32(45)39-30(23(3)42)33(46)37-13-6-7-16-41(34(47)31-36-15-18-40(31)4)17-8-14-35-29(44)21-49-26-11-9-24(20-27(26)48-5)10-12-28(43)38-25/h9,11,15,18,20,22-23,25,30,42H,6-8,10,12-14,16-17,19,21H2,1-5H3,(H,35,44)(H,37,46)(H,38,43)(H,39,45)/t23-,25-,30+/m1/s1. The summed E-state index contributed by atoms with van der Waals surface area (Å²) in [5, 5.41) is 21.4. The van der Waals surface area contributed by atoms with Crippen LogP contribution in [-0.4, -0.2) is 107 Å². The number of hydrogen-bond donors (Lipinski definition) is 5. The van der Waals surface area contributed by atoms with Crippen molar-refractivity contribution in [1.82, 2.24) is 35.7 Å². The largest absolute Gasteiger partial charge is 0.493 e. The van der Waals surface area contributed by atoms with Crippen molar-refractivity contribution in [3.8, 4) is 11.5 Å². The average molecular weight is 686 g/mol. The molecule has 1 aromatic heterocycles. The summed E-state index contributed by atoms with van der Waals surface area (Å²) in [5.74, 6) is -0.970. The molecule has 2 bridgehead atoms. The molecule has 270 valence electrons. The van der Waals surface area contributed by atoms with Crippen LogP contribution in [0.1, 0.15) is 69.1 Å². The van der Waals surface area contributed by atoms with Gasteiger partial charge in [0.25, 0.3) is 11.8 Å². The summed E-state index contributed by atoms with van der Waals surface area (Å²) in [6, 6.07) is 3.01. The van der Waals surface area contributed by atoms with Gasteiger partial charge in [0, 0.05) is 52.0 Å². The van der Waals surface area contributed by atoms with E-state index in [0.29, 0.717) is 63.2 Å². The summed E-state index contributed by atoms with van der Waals surface area (Å²) in [6.07, 6.45) is 4.34. The molecule has 15 heteroatoms. The third-order valence-corrected chi connectivity index (χ3v) is 8.03. The number of aryl methyl sites for hydroxylation is 2. The normalized spacial score (nSPS) is 20.4. The summed E-state index contributed by atoms with van der Waals surface area (Å²) >= 11 is 0. The van der Waals surface area contributed by atoms with Crippen LogP contribution in [0, 0.1) is 5.92 Å². The lowest BCUT2D eigenvalue weighted by Gasteiger charge is -2.26. The van der Waals surface area contributed by atoms with E-state index in [1.807, 2.05) is 13.8 Å². The Hall–Kier alpha value is -4.66. The second kappa shape index (κ2) is 19.4. The Bertz CT molecular complexity index is 1430. The van der Waals surface area contributed by atoms with E-state index in [9.17, 15) is 29.1 Å². The van der Waals surface area contributed by atoms with Crippen molar-refractivity contribution < 1.29 is 38.6 Å². The second-order valence-corrected chi connectivity index (χ2v) is 12.6. The molecule has 0 unspecified atom stereocenters. The van der Waals surface area contributed by atoms with Crippen LogP contribution in [0.4, 0.5) is 0 Å². The molecule has 0 aliphatic carbocycles. The minimum atomic E-state index is -1.23. The fraction of sp³-hybridized carbons (Fsp3) is 0.588. The van der Waals surface area contributed by atoms with Gasteiger partial charge in [0.15, 0.2) is 23.9 Å². The summed E-state index contributed by atoms with van der Waals surface area (Å²) in [4.78, 5) is 71.0. The molecule has 3 atom stereocenters. The molecule has 0 fully saturated rings. The second-order valence-electron chi connectivity index (χ2n) is 12.6. The van der Waals surface area contributed by atoms with Gasteiger partial charge in [0.05, 0.1) is 13.2 Å². The lowest BCUT2D eigenvalue weighted by Crippen LogP contribution is -2.57. The molecule has 4 rings (SSSR count). The molecule has 0 saturated heterocycles. The van der Waals surface area contributed by atoms with Gasteiger partial charge in [-0.05, 0) is 62.6 Å². The number of carbonyl (C=O) groups excluding carboxylic acids is 5. The van der Waals surface area contributed by atoms with E-state index in [2.05, 4.69) is 26.3 Å². The van der Waals surface area contributed by atoms with Gasteiger partial charge >= 0.3 is 0 Å². The fourth-order valence-electron chi connectivity index (χ4n) is 5.34. The average Bonchev–Trinajstić information content (AvgIpc) is 3.50. The van der Waals surface area contributed by atoms with Crippen molar-refractivity contribution in [2.24, 2.45) is 13.0 Å². The lowest BCUT2D eigenvalue weighted by molar-refractivity contribution is -0.134.